The second-order valence-corrected chi connectivity index (χ2v) is 9.87. The standard InChI is InChI=1S/C22H21FN4O4S/c23-18-6-2-7-19(13-18)32(30,31)26-10-3-8-22(9-11-26)20(28)27(21(29)25-22)15-17-5-1-4-16(12-17)14-24/h1-2,4-7,12-13H,3,8-11,15H2,(H,25,29). The molecule has 8 nitrogen and oxygen atoms in total. The summed E-state index contributed by atoms with van der Waals surface area (Å²) >= 11 is 0. The van der Waals surface area contributed by atoms with E-state index in [1.807, 2.05) is 6.07 Å². The number of urea groups is 1. The van der Waals surface area contributed by atoms with E-state index in [-0.39, 0.29) is 31.0 Å². The zero-order valence-corrected chi connectivity index (χ0v) is 17.9. The molecule has 1 atom stereocenters. The normalized spacial score (nSPS) is 21.9. The molecule has 166 valence electrons. The van der Waals surface area contributed by atoms with E-state index in [4.69, 9.17) is 5.26 Å². The fraction of sp³-hybridized carbons (Fsp3) is 0.318. The molecular formula is C22H21FN4O4S. The minimum absolute atomic E-state index is 0.0165. The number of hydrogen-bond donors (Lipinski definition) is 1. The second-order valence-electron chi connectivity index (χ2n) is 7.93. The smallest absolute Gasteiger partial charge is 0.323 e. The Bertz CT molecular complexity index is 1230. The number of nitrogens with one attached hydrogen (secondary N) is 1. The number of nitrogens with zero attached hydrogens (tertiary/aromatic N) is 3. The van der Waals surface area contributed by atoms with Crippen LogP contribution in [0.15, 0.2) is 53.4 Å². The van der Waals surface area contributed by atoms with Crippen molar-refractivity contribution in [2.45, 2.75) is 36.2 Å². The Hall–Kier alpha value is -3.29. The van der Waals surface area contributed by atoms with Crippen molar-refractivity contribution in [1.29, 1.82) is 5.26 Å². The molecule has 0 aromatic heterocycles. The topological polar surface area (TPSA) is 111 Å². The van der Waals surface area contributed by atoms with Crippen LogP contribution in [0.2, 0.25) is 0 Å². The molecule has 2 fully saturated rings. The van der Waals surface area contributed by atoms with Gasteiger partial charge in [0.05, 0.1) is 23.1 Å². The Morgan fingerprint density at radius 3 is 2.62 bits per heavy atom. The molecule has 1 spiro atoms. The average molecular weight is 456 g/mol. The summed E-state index contributed by atoms with van der Waals surface area (Å²) in [7, 11) is -3.93. The highest BCUT2D eigenvalue weighted by Gasteiger charge is 2.51. The van der Waals surface area contributed by atoms with Gasteiger partial charge in [0.15, 0.2) is 0 Å². The summed E-state index contributed by atoms with van der Waals surface area (Å²) in [5.41, 5.74) is -0.110. The first-order valence-corrected chi connectivity index (χ1v) is 11.6. The molecule has 0 aliphatic carbocycles. The van der Waals surface area contributed by atoms with Gasteiger partial charge in [0, 0.05) is 13.1 Å². The third-order valence-electron chi connectivity index (χ3n) is 5.88. The van der Waals surface area contributed by atoms with Crippen molar-refractivity contribution in [3.05, 3.63) is 65.5 Å². The maximum absolute atomic E-state index is 13.6. The van der Waals surface area contributed by atoms with Crippen LogP contribution in [0.25, 0.3) is 0 Å². The van der Waals surface area contributed by atoms with Gasteiger partial charge in [0.25, 0.3) is 5.91 Å². The van der Waals surface area contributed by atoms with Gasteiger partial charge in [0.1, 0.15) is 11.4 Å². The van der Waals surface area contributed by atoms with E-state index in [1.165, 1.54) is 22.5 Å². The number of halogens is 1. The van der Waals surface area contributed by atoms with E-state index >= 15 is 0 Å². The van der Waals surface area contributed by atoms with Crippen LogP contribution >= 0.6 is 0 Å². The van der Waals surface area contributed by atoms with E-state index in [2.05, 4.69) is 5.32 Å². The van der Waals surface area contributed by atoms with Crippen molar-refractivity contribution < 1.29 is 22.4 Å². The highest BCUT2D eigenvalue weighted by molar-refractivity contribution is 7.89. The summed E-state index contributed by atoms with van der Waals surface area (Å²) in [6.07, 6.45) is 0.765. The summed E-state index contributed by atoms with van der Waals surface area (Å²) in [4.78, 5) is 26.8. The molecule has 1 N–H and O–H groups in total. The van der Waals surface area contributed by atoms with Crippen molar-refractivity contribution in [3.63, 3.8) is 0 Å². The second kappa shape index (κ2) is 8.33. The van der Waals surface area contributed by atoms with Crippen LogP contribution in [0.5, 0.6) is 0 Å². The van der Waals surface area contributed by atoms with Gasteiger partial charge in [-0.1, -0.05) is 18.2 Å². The summed E-state index contributed by atoms with van der Waals surface area (Å²) in [6.45, 7) is 0.198. The van der Waals surface area contributed by atoms with E-state index < -0.39 is 33.3 Å². The van der Waals surface area contributed by atoms with Gasteiger partial charge in [-0.05, 0) is 55.2 Å². The molecule has 3 amide bonds. The SMILES string of the molecule is N#Cc1cccc(CN2C(=O)NC3(CCCN(S(=O)(=O)c4cccc(F)c4)CC3)C2=O)c1. The minimum atomic E-state index is -3.93. The molecule has 2 saturated heterocycles. The predicted molar refractivity (Wildman–Crippen MR) is 112 cm³/mol. The Balaban J connectivity index is 1.52. The Morgan fingerprint density at radius 1 is 1.09 bits per heavy atom. The average Bonchev–Trinajstić information content (AvgIpc) is 2.92. The monoisotopic (exact) mass is 456 g/mol. The van der Waals surface area contributed by atoms with Crippen LogP contribution in [0.4, 0.5) is 9.18 Å². The van der Waals surface area contributed by atoms with Gasteiger partial charge in [0.2, 0.25) is 10.0 Å². The Morgan fingerprint density at radius 2 is 1.88 bits per heavy atom. The Kier molecular flexibility index (Phi) is 5.71. The third kappa shape index (κ3) is 3.97. The molecule has 0 saturated carbocycles. The molecule has 2 heterocycles. The molecule has 0 bridgehead atoms. The number of amides is 3. The summed E-state index contributed by atoms with van der Waals surface area (Å²) < 4.78 is 40.7. The maximum atomic E-state index is 13.6. The molecule has 2 aliphatic heterocycles. The van der Waals surface area contributed by atoms with Gasteiger partial charge >= 0.3 is 6.03 Å². The minimum Gasteiger partial charge on any atom is -0.323 e. The van der Waals surface area contributed by atoms with Gasteiger partial charge in [-0.25, -0.2) is 17.6 Å². The maximum Gasteiger partial charge on any atom is 0.325 e. The van der Waals surface area contributed by atoms with Gasteiger partial charge in [-0.15, -0.1) is 0 Å². The number of nitriles is 1. The first kappa shape index (κ1) is 21.9. The molecular weight excluding hydrogens is 435 g/mol. The van der Waals surface area contributed by atoms with Gasteiger partial charge in [-0.2, -0.15) is 9.57 Å². The first-order valence-electron chi connectivity index (χ1n) is 10.1. The lowest BCUT2D eigenvalue weighted by molar-refractivity contribution is -0.132. The van der Waals surface area contributed by atoms with E-state index in [0.717, 1.165) is 11.0 Å². The summed E-state index contributed by atoms with van der Waals surface area (Å²) in [5, 5.41) is 11.8. The van der Waals surface area contributed by atoms with Crippen LogP contribution in [0.1, 0.15) is 30.4 Å². The van der Waals surface area contributed by atoms with Crippen LogP contribution in [-0.2, 0) is 21.4 Å². The molecule has 1 unspecified atom stereocenters. The lowest BCUT2D eigenvalue weighted by atomic mass is 9.90. The van der Waals surface area contributed by atoms with Gasteiger partial charge in [-0.3, -0.25) is 9.69 Å². The number of sulfonamides is 1. The van der Waals surface area contributed by atoms with Crippen molar-refractivity contribution in [2.75, 3.05) is 13.1 Å². The van der Waals surface area contributed by atoms with Crippen LogP contribution in [0, 0.1) is 17.1 Å². The number of carbonyl (C=O) groups excluding carboxylic acids is 2. The fourth-order valence-corrected chi connectivity index (χ4v) is 5.72. The summed E-state index contributed by atoms with van der Waals surface area (Å²) in [6, 6.07) is 13.0. The Labute approximate surface area is 185 Å². The number of rotatable bonds is 4. The van der Waals surface area contributed by atoms with Crippen LogP contribution in [0.3, 0.4) is 0 Å². The highest BCUT2D eigenvalue weighted by atomic mass is 32.2. The zero-order chi connectivity index (χ0) is 22.9. The molecule has 2 aliphatic rings. The fourth-order valence-electron chi connectivity index (χ4n) is 4.21. The van der Waals surface area contributed by atoms with E-state index in [9.17, 15) is 22.4 Å². The molecule has 10 heteroatoms. The van der Waals surface area contributed by atoms with Crippen molar-refractivity contribution in [2.24, 2.45) is 0 Å². The third-order valence-corrected chi connectivity index (χ3v) is 7.77. The molecule has 4 rings (SSSR count). The van der Waals surface area contributed by atoms with Gasteiger partial charge < -0.3 is 5.32 Å². The molecule has 0 radical (unpaired) electrons. The van der Waals surface area contributed by atoms with Crippen molar-refractivity contribution in [3.8, 4) is 6.07 Å². The number of carbonyl (C=O) groups is 2. The van der Waals surface area contributed by atoms with E-state index in [0.29, 0.717) is 24.0 Å². The molecule has 2 aromatic carbocycles. The zero-order valence-electron chi connectivity index (χ0n) is 17.1. The van der Waals surface area contributed by atoms with Crippen LogP contribution in [-0.4, -0.2) is 48.2 Å². The van der Waals surface area contributed by atoms with Crippen LogP contribution < -0.4 is 5.32 Å². The number of hydrogen-bond acceptors (Lipinski definition) is 5. The predicted octanol–water partition coefficient (Wildman–Crippen LogP) is 2.36. The summed E-state index contributed by atoms with van der Waals surface area (Å²) in [5.74, 6) is -1.05. The van der Waals surface area contributed by atoms with E-state index in [1.54, 1.807) is 24.3 Å². The first-order chi connectivity index (χ1) is 15.2. The molecule has 2 aromatic rings. The van der Waals surface area contributed by atoms with Crippen molar-refractivity contribution in [1.82, 2.24) is 14.5 Å². The van der Waals surface area contributed by atoms with Crippen molar-refractivity contribution >= 4 is 22.0 Å². The largest absolute Gasteiger partial charge is 0.325 e. The lowest BCUT2D eigenvalue weighted by Gasteiger charge is -2.25. The molecule has 32 heavy (non-hydrogen) atoms. The quantitative estimate of drug-likeness (QED) is 0.710. The lowest BCUT2D eigenvalue weighted by Crippen LogP contribution is -2.47. The number of benzene rings is 2. The highest BCUT2D eigenvalue weighted by Crippen LogP contribution is 2.32. The number of imide groups is 1.